The lowest BCUT2D eigenvalue weighted by molar-refractivity contribution is -0.134. The highest BCUT2D eigenvalue weighted by atomic mass is 16.5. The van der Waals surface area contributed by atoms with E-state index < -0.39 is 5.97 Å². The van der Waals surface area contributed by atoms with E-state index >= 15 is 0 Å². The van der Waals surface area contributed by atoms with Crippen molar-refractivity contribution in [3.8, 4) is 5.75 Å². The van der Waals surface area contributed by atoms with Crippen molar-refractivity contribution in [2.75, 3.05) is 5.73 Å². The van der Waals surface area contributed by atoms with E-state index in [4.69, 9.17) is 15.6 Å². The summed E-state index contributed by atoms with van der Waals surface area (Å²) in [6.45, 7) is 0. The van der Waals surface area contributed by atoms with Crippen molar-refractivity contribution in [2.24, 2.45) is 0 Å². The molecule has 2 aromatic rings. The van der Waals surface area contributed by atoms with E-state index in [0.29, 0.717) is 11.4 Å². The van der Waals surface area contributed by atoms with Crippen LogP contribution in [0.3, 0.4) is 0 Å². The van der Waals surface area contributed by atoms with Gasteiger partial charge in [0.05, 0.1) is 0 Å². The molecule has 4 heteroatoms. The number of carboxylic acid groups (broad SMARTS) is 1. The summed E-state index contributed by atoms with van der Waals surface area (Å²) in [5, 5.41) is 9.13. The Labute approximate surface area is 110 Å². The van der Waals surface area contributed by atoms with Crippen LogP contribution in [0.1, 0.15) is 5.56 Å². The Morgan fingerprint density at radius 3 is 2.26 bits per heavy atom. The van der Waals surface area contributed by atoms with Crippen LogP contribution in [0.2, 0.25) is 0 Å². The number of ether oxygens (including phenoxy) is 1. The van der Waals surface area contributed by atoms with Crippen molar-refractivity contribution >= 4 is 17.7 Å². The average Bonchev–Trinajstić information content (AvgIpc) is 2.41. The zero-order valence-electron chi connectivity index (χ0n) is 10.1. The summed E-state index contributed by atoms with van der Waals surface area (Å²) in [7, 11) is 0. The number of nitrogen functional groups attached to an aromatic ring is 1. The summed E-state index contributed by atoms with van der Waals surface area (Å²) in [4.78, 5) is 11.2. The van der Waals surface area contributed by atoms with Crippen molar-refractivity contribution < 1.29 is 14.6 Å². The molecule has 0 aliphatic carbocycles. The molecule has 0 fully saturated rings. The lowest BCUT2D eigenvalue weighted by Crippen LogP contribution is -2.07. The third kappa shape index (κ3) is 3.61. The zero-order chi connectivity index (χ0) is 13.7. The number of nitrogens with two attached hydrogens (primary N) is 1. The average molecular weight is 255 g/mol. The third-order valence-electron chi connectivity index (χ3n) is 2.42. The van der Waals surface area contributed by atoms with Crippen LogP contribution in [0.5, 0.6) is 5.75 Å². The Bertz CT molecular complexity index is 589. The first-order chi connectivity index (χ1) is 9.15. The van der Waals surface area contributed by atoms with Crippen LogP contribution in [0.4, 0.5) is 5.69 Å². The first-order valence-electron chi connectivity index (χ1n) is 5.68. The molecule has 0 aliphatic rings. The molecule has 0 aromatic heterocycles. The predicted molar refractivity (Wildman–Crippen MR) is 73.5 cm³/mol. The standard InChI is InChI=1S/C15H13NO3/c16-12-6-8-13(9-7-12)19-14(15(17)18)10-11-4-2-1-3-5-11/h1-10H,16H2,(H,17,18). The highest BCUT2D eigenvalue weighted by Gasteiger charge is 2.10. The minimum Gasteiger partial charge on any atom is -0.475 e. The molecule has 0 spiro atoms. The summed E-state index contributed by atoms with van der Waals surface area (Å²) < 4.78 is 5.34. The van der Waals surface area contributed by atoms with E-state index in [1.54, 1.807) is 36.4 Å². The first-order valence-corrected chi connectivity index (χ1v) is 5.68. The minimum atomic E-state index is -1.12. The monoisotopic (exact) mass is 255 g/mol. The molecule has 0 atom stereocenters. The van der Waals surface area contributed by atoms with Gasteiger partial charge in [-0.1, -0.05) is 30.3 Å². The first kappa shape index (κ1) is 12.7. The molecule has 0 bridgehead atoms. The Balaban J connectivity index is 2.24. The number of carboxylic acids is 1. The van der Waals surface area contributed by atoms with Crippen LogP contribution in [0, 0.1) is 0 Å². The number of hydrogen-bond acceptors (Lipinski definition) is 3. The third-order valence-corrected chi connectivity index (χ3v) is 2.42. The van der Waals surface area contributed by atoms with Gasteiger partial charge in [-0.3, -0.25) is 0 Å². The zero-order valence-corrected chi connectivity index (χ0v) is 10.1. The Kier molecular flexibility index (Phi) is 3.83. The van der Waals surface area contributed by atoms with Gasteiger partial charge in [0.2, 0.25) is 5.76 Å². The molecule has 0 saturated carbocycles. The Morgan fingerprint density at radius 2 is 1.68 bits per heavy atom. The van der Waals surface area contributed by atoms with Gasteiger partial charge in [0.15, 0.2) is 0 Å². The summed E-state index contributed by atoms with van der Waals surface area (Å²) >= 11 is 0. The maximum atomic E-state index is 11.2. The molecule has 96 valence electrons. The van der Waals surface area contributed by atoms with Crippen LogP contribution in [0.15, 0.2) is 60.4 Å². The van der Waals surface area contributed by atoms with E-state index in [1.165, 1.54) is 6.08 Å². The van der Waals surface area contributed by atoms with Crippen molar-refractivity contribution in [3.05, 3.63) is 65.9 Å². The van der Waals surface area contributed by atoms with Gasteiger partial charge in [-0.25, -0.2) is 4.79 Å². The number of carbonyl (C=O) groups is 1. The maximum absolute atomic E-state index is 11.2. The lowest BCUT2D eigenvalue weighted by Gasteiger charge is -2.06. The van der Waals surface area contributed by atoms with Crippen molar-refractivity contribution in [1.29, 1.82) is 0 Å². The summed E-state index contributed by atoms with van der Waals surface area (Å²) in [6, 6.07) is 15.7. The molecule has 0 radical (unpaired) electrons. The van der Waals surface area contributed by atoms with Gasteiger partial charge >= 0.3 is 5.97 Å². The molecule has 2 aromatic carbocycles. The van der Waals surface area contributed by atoms with Gasteiger partial charge in [-0.05, 0) is 35.9 Å². The molecular weight excluding hydrogens is 242 g/mol. The second-order valence-corrected chi connectivity index (χ2v) is 3.90. The smallest absolute Gasteiger partial charge is 0.371 e. The molecule has 3 N–H and O–H groups in total. The van der Waals surface area contributed by atoms with Gasteiger partial charge in [0.1, 0.15) is 5.75 Å². The fraction of sp³-hybridized carbons (Fsp3) is 0. The van der Waals surface area contributed by atoms with Crippen molar-refractivity contribution in [2.45, 2.75) is 0 Å². The van der Waals surface area contributed by atoms with Crippen molar-refractivity contribution in [1.82, 2.24) is 0 Å². The highest BCUT2D eigenvalue weighted by molar-refractivity contribution is 5.90. The van der Waals surface area contributed by atoms with Crippen LogP contribution in [-0.2, 0) is 4.79 Å². The van der Waals surface area contributed by atoms with Crippen molar-refractivity contribution in [3.63, 3.8) is 0 Å². The minimum absolute atomic E-state index is 0.143. The summed E-state index contributed by atoms with van der Waals surface area (Å²) in [5.74, 6) is -0.838. The summed E-state index contributed by atoms with van der Waals surface area (Å²) in [5.41, 5.74) is 6.91. The Morgan fingerprint density at radius 1 is 1.05 bits per heavy atom. The van der Waals surface area contributed by atoms with E-state index in [1.807, 2.05) is 18.2 Å². The topological polar surface area (TPSA) is 72.5 Å². The quantitative estimate of drug-likeness (QED) is 0.500. The predicted octanol–water partition coefficient (Wildman–Crippen LogP) is 2.77. The second-order valence-electron chi connectivity index (χ2n) is 3.90. The van der Waals surface area contributed by atoms with E-state index in [-0.39, 0.29) is 5.76 Å². The van der Waals surface area contributed by atoms with E-state index in [2.05, 4.69) is 0 Å². The van der Waals surface area contributed by atoms with Crippen LogP contribution in [-0.4, -0.2) is 11.1 Å². The fourth-order valence-electron chi connectivity index (χ4n) is 1.50. The summed E-state index contributed by atoms with van der Waals surface area (Å²) in [6.07, 6.45) is 1.47. The number of rotatable bonds is 4. The van der Waals surface area contributed by atoms with Crippen LogP contribution < -0.4 is 10.5 Å². The molecular formula is C15H13NO3. The van der Waals surface area contributed by atoms with E-state index in [0.717, 1.165) is 5.56 Å². The van der Waals surface area contributed by atoms with E-state index in [9.17, 15) is 4.79 Å². The number of hydrogen-bond donors (Lipinski definition) is 2. The largest absolute Gasteiger partial charge is 0.475 e. The molecule has 0 saturated heterocycles. The van der Waals surface area contributed by atoms with Crippen LogP contribution in [0.25, 0.3) is 6.08 Å². The lowest BCUT2D eigenvalue weighted by atomic mass is 10.2. The SMILES string of the molecule is Nc1ccc(OC(=Cc2ccccc2)C(=O)O)cc1. The maximum Gasteiger partial charge on any atom is 0.371 e. The molecule has 4 nitrogen and oxygen atoms in total. The number of aliphatic carboxylic acids is 1. The van der Waals surface area contributed by atoms with Crippen LogP contribution >= 0.6 is 0 Å². The van der Waals surface area contributed by atoms with Gasteiger partial charge in [0.25, 0.3) is 0 Å². The number of benzene rings is 2. The van der Waals surface area contributed by atoms with Gasteiger partial charge < -0.3 is 15.6 Å². The molecule has 0 unspecified atom stereocenters. The fourth-order valence-corrected chi connectivity index (χ4v) is 1.50. The highest BCUT2D eigenvalue weighted by Crippen LogP contribution is 2.17. The number of anilines is 1. The molecule has 19 heavy (non-hydrogen) atoms. The van der Waals surface area contributed by atoms with Gasteiger partial charge in [0, 0.05) is 5.69 Å². The molecule has 0 heterocycles. The normalized spacial score (nSPS) is 11.1. The second kappa shape index (κ2) is 5.73. The molecule has 2 rings (SSSR count). The van der Waals surface area contributed by atoms with Gasteiger partial charge in [-0.15, -0.1) is 0 Å². The Hall–Kier alpha value is -2.75. The molecule has 0 amide bonds. The van der Waals surface area contributed by atoms with Gasteiger partial charge in [-0.2, -0.15) is 0 Å². The molecule has 0 aliphatic heterocycles.